The lowest BCUT2D eigenvalue weighted by molar-refractivity contribution is -0.322. The lowest BCUT2D eigenvalue weighted by atomic mass is 9.70. The van der Waals surface area contributed by atoms with Crippen LogP contribution in [-0.4, -0.2) is 14.2 Å². The van der Waals surface area contributed by atoms with E-state index < -0.39 is 5.60 Å². The third-order valence-electron chi connectivity index (χ3n) is 6.35. The van der Waals surface area contributed by atoms with Crippen LogP contribution in [0, 0.1) is 0 Å². The molecule has 0 radical (unpaired) electrons. The largest absolute Gasteiger partial charge is 0.497 e. The maximum Gasteiger partial charge on any atom is 0.163 e. The fourth-order valence-corrected chi connectivity index (χ4v) is 4.71. The number of benzene rings is 4. The molecule has 0 saturated carbocycles. The standard InChI is InChI=1S/C29H26O4/c1-30-25-17-13-23(14-18-25)29(24-15-19-26(31-2)20-16-24)27(21-9-5-3-6-10-21)28(32-33-29)22-11-7-4-8-12-22/h3-20,27-28H,1-2H3/t27-,28-/m1/s1. The Morgan fingerprint density at radius 1 is 0.576 bits per heavy atom. The maximum atomic E-state index is 6.41. The molecule has 4 nitrogen and oxygen atoms in total. The molecule has 33 heavy (non-hydrogen) atoms. The zero-order chi connectivity index (χ0) is 22.7. The first-order valence-electron chi connectivity index (χ1n) is 11.0. The van der Waals surface area contributed by atoms with E-state index in [0.717, 1.165) is 33.8 Å². The summed E-state index contributed by atoms with van der Waals surface area (Å²) in [5, 5.41) is 0. The van der Waals surface area contributed by atoms with Gasteiger partial charge in [-0.2, -0.15) is 0 Å². The molecule has 4 aromatic carbocycles. The van der Waals surface area contributed by atoms with Gasteiger partial charge in [0.15, 0.2) is 5.60 Å². The Hall–Kier alpha value is -3.60. The van der Waals surface area contributed by atoms with Gasteiger partial charge in [0.2, 0.25) is 0 Å². The normalized spacial score (nSPS) is 19.2. The van der Waals surface area contributed by atoms with E-state index in [2.05, 4.69) is 60.7 Å². The highest BCUT2D eigenvalue weighted by molar-refractivity contribution is 5.47. The molecule has 5 rings (SSSR count). The highest BCUT2D eigenvalue weighted by Crippen LogP contribution is 2.58. The van der Waals surface area contributed by atoms with Crippen molar-refractivity contribution in [2.24, 2.45) is 0 Å². The van der Waals surface area contributed by atoms with E-state index in [-0.39, 0.29) is 12.0 Å². The quantitative estimate of drug-likeness (QED) is 0.325. The monoisotopic (exact) mass is 438 g/mol. The minimum Gasteiger partial charge on any atom is -0.497 e. The minimum atomic E-state index is -0.875. The van der Waals surface area contributed by atoms with E-state index in [0.29, 0.717) is 0 Å². The minimum absolute atomic E-state index is 0.136. The van der Waals surface area contributed by atoms with Gasteiger partial charge in [-0.1, -0.05) is 84.9 Å². The van der Waals surface area contributed by atoms with Crippen LogP contribution in [0.15, 0.2) is 109 Å². The van der Waals surface area contributed by atoms with E-state index >= 15 is 0 Å². The van der Waals surface area contributed by atoms with Crippen LogP contribution in [0.2, 0.25) is 0 Å². The molecule has 4 heteroatoms. The van der Waals surface area contributed by atoms with Crippen LogP contribution in [0.4, 0.5) is 0 Å². The summed E-state index contributed by atoms with van der Waals surface area (Å²) in [5.74, 6) is 1.44. The predicted octanol–water partition coefficient (Wildman–Crippen LogP) is 6.43. The van der Waals surface area contributed by atoms with Crippen LogP contribution >= 0.6 is 0 Å². The van der Waals surface area contributed by atoms with Crippen LogP contribution in [0.5, 0.6) is 11.5 Å². The summed E-state index contributed by atoms with van der Waals surface area (Å²) < 4.78 is 10.8. The van der Waals surface area contributed by atoms with Gasteiger partial charge in [0.1, 0.15) is 17.6 Å². The Bertz CT molecular complexity index is 1120. The Balaban J connectivity index is 1.74. The number of ether oxygens (including phenoxy) is 2. The molecule has 0 spiro atoms. The van der Waals surface area contributed by atoms with Gasteiger partial charge in [-0.05, 0) is 46.5 Å². The average molecular weight is 439 g/mol. The smallest absolute Gasteiger partial charge is 0.163 e. The average Bonchev–Trinajstić information content (AvgIpc) is 3.31. The summed E-state index contributed by atoms with van der Waals surface area (Å²) in [7, 11) is 3.34. The molecular weight excluding hydrogens is 412 g/mol. The third kappa shape index (κ3) is 3.78. The van der Waals surface area contributed by atoms with Gasteiger partial charge >= 0.3 is 0 Å². The number of hydrogen-bond donors (Lipinski definition) is 0. The summed E-state index contributed by atoms with van der Waals surface area (Å²) in [5.41, 5.74) is 3.30. The molecular formula is C29H26O4. The number of methoxy groups -OCH3 is 2. The molecule has 1 fully saturated rings. The van der Waals surface area contributed by atoms with Crippen molar-refractivity contribution in [2.75, 3.05) is 14.2 Å². The van der Waals surface area contributed by atoms with E-state index in [1.54, 1.807) is 14.2 Å². The fourth-order valence-electron chi connectivity index (χ4n) is 4.71. The Labute approximate surface area is 194 Å². The van der Waals surface area contributed by atoms with Gasteiger partial charge < -0.3 is 9.47 Å². The lowest BCUT2D eigenvalue weighted by Crippen LogP contribution is -2.34. The molecule has 0 aliphatic carbocycles. The molecule has 1 aliphatic rings. The van der Waals surface area contributed by atoms with Gasteiger partial charge in [0.25, 0.3) is 0 Å². The summed E-state index contributed by atoms with van der Waals surface area (Å²) in [4.78, 5) is 12.6. The molecule has 1 aliphatic heterocycles. The van der Waals surface area contributed by atoms with Gasteiger partial charge in [-0.15, -0.1) is 0 Å². The summed E-state index contributed by atoms with van der Waals surface area (Å²) in [6, 6.07) is 36.7. The van der Waals surface area contributed by atoms with Crippen molar-refractivity contribution >= 4 is 0 Å². The van der Waals surface area contributed by atoms with E-state index in [4.69, 9.17) is 19.2 Å². The van der Waals surface area contributed by atoms with Gasteiger partial charge in [0.05, 0.1) is 20.1 Å². The summed E-state index contributed by atoms with van der Waals surface area (Å²) >= 11 is 0. The van der Waals surface area contributed by atoms with Crippen LogP contribution < -0.4 is 9.47 Å². The molecule has 0 aromatic heterocycles. The first kappa shape index (κ1) is 21.3. The zero-order valence-corrected chi connectivity index (χ0v) is 18.7. The van der Waals surface area contributed by atoms with Crippen molar-refractivity contribution in [3.63, 3.8) is 0 Å². The van der Waals surface area contributed by atoms with E-state index in [9.17, 15) is 0 Å². The molecule has 166 valence electrons. The molecule has 1 saturated heterocycles. The molecule has 0 amide bonds. The lowest BCUT2D eigenvalue weighted by Gasteiger charge is -2.34. The van der Waals surface area contributed by atoms with Gasteiger partial charge in [0, 0.05) is 0 Å². The molecule has 0 bridgehead atoms. The molecule has 2 atom stereocenters. The van der Waals surface area contributed by atoms with E-state index in [1.807, 2.05) is 48.5 Å². The van der Waals surface area contributed by atoms with Gasteiger partial charge in [-0.3, -0.25) is 0 Å². The third-order valence-corrected chi connectivity index (χ3v) is 6.35. The van der Waals surface area contributed by atoms with Crippen molar-refractivity contribution < 1.29 is 19.2 Å². The van der Waals surface area contributed by atoms with Crippen LogP contribution in [0.25, 0.3) is 0 Å². The number of rotatable bonds is 6. The Morgan fingerprint density at radius 3 is 1.48 bits per heavy atom. The second-order valence-corrected chi connectivity index (χ2v) is 8.09. The molecule has 0 unspecified atom stereocenters. The summed E-state index contributed by atoms with van der Waals surface area (Å²) in [6.07, 6.45) is -0.294. The first-order valence-corrected chi connectivity index (χ1v) is 11.0. The van der Waals surface area contributed by atoms with Crippen LogP contribution in [0.3, 0.4) is 0 Å². The fraction of sp³-hybridized carbons (Fsp3) is 0.172. The van der Waals surface area contributed by atoms with Crippen molar-refractivity contribution in [3.05, 3.63) is 131 Å². The van der Waals surface area contributed by atoms with Crippen molar-refractivity contribution in [3.8, 4) is 11.5 Å². The maximum absolute atomic E-state index is 6.41. The van der Waals surface area contributed by atoms with Crippen LogP contribution in [0.1, 0.15) is 34.3 Å². The van der Waals surface area contributed by atoms with Crippen molar-refractivity contribution in [1.29, 1.82) is 0 Å². The zero-order valence-electron chi connectivity index (χ0n) is 18.7. The van der Waals surface area contributed by atoms with Gasteiger partial charge in [-0.25, -0.2) is 9.78 Å². The Morgan fingerprint density at radius 2 is 1.03 bits per heavy atom. The highest BCUT2D eigenvalue weighted by Gasteiger charge is 2.55. The predicted molar refractivity (Wildman–Crippen MR) is 127 cm³/mol. The topological polar surface area (TPSA) is 36.9 Å². The van der Waals surface area contributed by atoms with Crippen molar-refractivity contribution in [2.45, 2.75) is 17.6 Å². The SMILES string of the molecule is COc1ccc(C2(c3ccc(OC)cc3)OO[C@H](c3ccccc3)[C@H]2c2ccccc2)cc1. The summed E-state index contributed by atoms with van der Waals surface area (Å²) in [6.45, 7) is 0. The second kappa shape index (κ2) is 9.10. The molecule has 4 aromatic rings. The second-order valence-electron chi connectivity index (χ2n) is 8.09. The highest BCUT2D eigenvalue weighted by atomic mass is 17.2. The number of hydrogen-bond acceptors (Lipinski definition) is 4. The molecule has 1 heterocycles. The van der Waals surface area contributed by atoms with Crippen LogP contribution in [-0.2, 0) is 15.4 Å². The van der Waals surface area contributed by atoms with E-state index in [1.165, 1.54) is 0 Å². The van der Waals surface area contributed by atoms with Crippen molar-refractivity contribution in [1.82, 2.24) is 0 Å². The Kier molecular flexibility index (Phi) is 5.86. The first-order chi connectivity index (χ1) is 16.3. The molecule has 0 N–H and O–H groups in total.